The fraction of sp³-hybridized carbons (Fsp3) is 0.692. The van der Waals surface area contributed by atoms with Crippen molar-refractivity contribution >= 4 is 17.4 Å². The Morgan fingerprint density at radius 2 is 2.16 bits per heavy atom. The number of aromatic amines is 1. The quantitative estimate of drug-likeness (QED) is 0.770. The Morgan fingerprint density at radius 1 is 1.47 bits per heavy atom. The maximum Gasteiger partial charge on any atom is 0.271 e. The molecular formula is C13H23ClN4O. The van der Waals surface area contributed by atoms with Crippen molar-refractivity contribution in [3.8, 4) is 0 Å². The molecule has 0 aromatic carbocycles. The van der Waals surface area contributed by atoms with Gasteiger partial charge in [-0.1, -0.05) is 25.4 Å². The van der Waals surface area contributed by atoms with Crippen molar-refractivity contribution in [1.29, 1.82) is 0 Å². The van der Waals surface area contributed by atoms with E-state index in [4.69, 9.17) is 11.6 Å². The van der Waals surface area contributed by atoms with Crippen molar-refractivity contribution in [3.05, 3.63) is 21.7 Å². The lowest BCUT2D eigenvalue weighted by atomic mass is 10.1. The SMILES string of the molecule is CCN(CC)CCCC(C)Nc1nc[nH]c(=O)c1Cl. The molecule has 0 radical (unpaired) electrons. The highest BCUT2D eigenvalue weighted by molar-refractivity contribution is 6.32. The third-order valence-corrected chi connectivity index (χ3v) is 3.54. The molecule has 19 heavy (non-hydrogen) atoms. The van der Waals surface area contributed by atoms with E-state index in [2.05, 4.69) is 41.0 Å². The van der Waals surface area contributed by atoms with E-state index in [-0.39, 0.29) is 16.6 Å². The molecule has 0 amide bonds. The van der Waals surface area contributed by atoms with Crippen LogP contribution in [0.3, 0.4) is 0 Å². The van der Waals surface area contributed by atoms with Crippen molar-refractivity contribution < 1.29 is 0 Å². The van der Waals surface area contributed by atoms with E-state index < -0.39 is 0 Å². The van der Waals surface area contributed by atoms with E-state index >= 15 is 0 Å². The molecule has 0 spiro atoms. The summed E-state index contributed by atoms with van der Waals surface area (Å²) in [6.07, 6.45) is 3.48. The first-order chi connectivity index (χ1) is 9.08. The molecule has 1 rings (SSSR count). The molecule has 1 aromatic rings. The zero-order valence-electron chi connectivity index (χ0n) is 11.9. The summed E-state index contributed by atoms with van der Waals surface area (Å²) in [5.74, 6) is 0.459. The van der Waals surface area contributed by atoms with Gasteiger partial charge in [0.05, 0.1) is 6.33 Å². The number of hydrogen-bond acceptors (Lipinski definition) is 4. The van der Waals surface area contributed by atoms with Crippen molar-refractivity contribution in [2.75, 3.05) is 25.0 Å². The molecule has 6 heteroatoms. The minimum atomic E-state index is -0.311. The Kier molecular flexibility index (Phi) is 6.87. The van der Waals surface area contributed by atoms with E-state index in [0.29, 0.717) is 5.82 Å². The standard InChI is InChI=1S/C13H23ClN4O/c1-4-18(5-2)8-6-7-10(3)17-12-11(14)13(19)16-9-15-12/h9-10H,4-8H2,1-3H3,(H2,15,16,17,19). The van der Waals surface area contributed by atoms with Crippen LogP contribution in [0.5, 0.6) is 0 Å². The number of nitrogens with zero attached hydrogens (tertiary/aromatic N) is 2. The van der Waals surface area contributed by atoms with Crippen LogP contribution in [0.15, 0.2) is 11.1 Å². The average molecular weight is 287 g/mol. The molecule has 2 N–H and O–H groups in total. The maximum atomic E-state index is 11.3. The van der Waals surface area contributed by atoms with Gasteiger partial charge in [-0.25, -0.2) is 4.98 Å². The van der Waals surface area contributed by atoms with Gasteiger partial charge in [-0.05, 0) is 39.4 Å². The lowest BCUT2D eigenvalue weighted by Gasteiger charge is -2.20. The third-order valence-electron chi connectivity index (χ3n) is 3.19. The maximum absolute atomic E-state index is 11.3. The summed E-state index contributed by atoms with van der Waals surface area (Å²) in [6, 6.07) is 0.238. The topological polar surface area (TPSA) is 61.0 Å². The summed E-state index contributed by atoms with van der Waals surface area (Å²) in [7, 11) is 0. The van der Waals surface area contributed by atoms with Crippen LogP contribution in [0.2, 0.25) is 5.02 Å². The smallest absolute Gasteiger partial charge is 0.271 e. The first-order valence-electron chi connectivity index (χ1n) is 6.80. The number of aromatic nitrogens is 2. The largest absolute Gasteiger partial charge is 0.366 e. The number of hydrogen-bond donors (Lipinski definition) is 2. The minimum Gasteiger partial charge on any atom is -0.366 e. The molecule has 0 saturated heterocycles. The molecule has 0 bridgehead atoms. The number of H-pyrrole nitrogens is 1. The summed E-state index contributed by atoms with van der Waals surface area (Å²) >= 11 is 5.89. The lowest BCUT2D eigenvalue weighted by molar-refractivity contribution is 0.295. The first kappa shape index (κ1) is 16.0. The van der Waals surface area contributed by atoms with Gasteiger partial charge in [0.1, 0.15) is 5.02 Å². The number of nitrogens with one attached hydrogen (secondary N) is 2. The monoisotopic (exact) mass is 286 g/mol. The van der Waals surface area contributed by atoms with Crippen LogP contribution in [0.1, 0.15) is 33.6 Å². The van der Waals surface area contributed by atoms with E-state index in [9.17, 15) is 4.79 Å². The van der Waals surface area contributed by atoms with Crippen LogP contribution in [0, 0.1) is 0 Å². The van der Waals surface area contributed by atoms with Crippen molar-refractivity contribution in [1.82, 2.24) is 14.9 Å². The Bertz CT molecular complexity index is 431. The lowest BCUT2D eigenvalue weighted by Crippen LogP contribution is -2.26. The summed E-state index contributed by atoms with van der Waals surface area (Å²) in [5.41, 5.74) is -0.311. The van der Waals surface area contributed by atoms with E-state index in [1.165, 1.54) is 6.33 Å². The van der Waals surface area contributed by atoms with Gasteiger partial charge in [0, 0.05) is 6.04 Å². The van der Waals surface area contributed by atoms with Gasteiger partial charge in [-0.3, -0.25) is 4.79 Å². The summed E-state index contributed by atoms with van der Waals surface area (Å²) in [5, 5.41) is 3.30. The van der Waals surface area contributed by atoms with Gasteiger partial charge in [0.25, 0.3) is 5.56 Å². The second kappa shape index (κ2) is 8.17. The van der Waals surface area contributed by atoms with Crippen LogP contribution in [0.25, 0.3) is 0 Å². The molecule has 0 fully saturated rings. The Balaban J connectivity index is 2.41. The molecule has 1 heterocycles. The van der Waals surface area contributed by atoms with Crippen LogP contribution in [0.4, 0.5) is 5.82 Å². The van der Waals surface area contributed by atoms with Crippen LogP contribution in [-0.2, 0) is 0 Å². The average Bonchev–Trinajstić information content (AvgIpc) is 2.40. The molecule has 0 aliphatic rings. The summed E-state index contributed by atoms with van der Waals surface area (Å²) < 4.78 is 0. The molecule has 0 aliphatic carbocycles. The van der Waals surface area contributed by atoms with Crippen LogP contribution in [-0.4, -0.2) is 40.5 Å². The summed E-state index contributed by atoms with van der Waals surface area (Å²) in [4.78, 5) is 20.2. The summed E-state index contributed by atoms with van der Waals surface area (Å²) in [6.45, 7) is 9.67. The highest BCUT2D eigenvalue weighted by Crippen LogP contribution is 2.14. The fourth-order valence-electron chi connectivity index (χ4n) is 1.95. The van der Waals surface area contributed by atoms with Crippen LogP contribution >= 0.6 is 11.6 Å². The minimum absolute atomic E-state index is 0.123. The Morgan fingerprint density at radius 3 is 2.79 bits per heavy atom. The second-order valence-electron chi connectivity index (χ2n) is 4.61. The predicted molar refractivity (Wildman–Crippen MR) is 80.0 cm³/mol. The van der Waals surface area contributed by atoms with Gasteiger partial charge in [-0.15, -0.1) is 0 Å². The molecule has 5 nitrogen and oxygen atoms in total. The van der Waals surface area contributed by atoms with Gasteiger partial charge >= 0.3 is 0 Å². The number of anilines is 1. The number of rotatable bonds is 8. The van der Waals surface area contributed by atoms with Crippen molar-refractivity contribution in [2.24, 2.45) is 0 Å². The Hall–Kier alpha value is -1.07. The highest BCUT2D eigenvalue weighted by Gasteiger charge is 2.09. The first-order valence-corrected chi connectivity index (χ1v) is 7.18. The van der Waals surface area contributed by atoms with E-state index in [0.717, 1.165) is 32.5 Å². The van der Waals surface area contributed by atoms with Gasteiger partial charge in [0.2, 0.25) is 0 Å². The van der Waals surface area contributed by atoms with E-state index in [1.54, 1.807) is 0 Å². The van der Waals surface area contributed by atoms with Crippen molar-refractivity contribution in [3.63, 3.8) is 0 Å². The van der Waals surface area contributed by atoms with Crippen LogP contribution < -0.4 is 10.9 Å². The Labute approximate surface area is 119 Å². The normalized spacial score (nSPS) is 12.7. The highest BCUT2D eigenvalue weighted by atomic mass is 35.5. The van der Waals surface area contributed by atoms with Gasteiger partial charge < -0.3 is 15.2 Å². The zero-order chi connectivity index (χ0) is 14.3. The second-order valence-corrected chi connectivity index (χ2v) is 4.99. The van der Waals surface area contributed by atoms with E-state index in [1.807, 2.05) is 0 Å². The third kappa shape index (κ3) is 5.20. The molecule has 1 atom stereocenters. The zero-order valence-corrected chi connectivity index (χ0v) is 12.6. The van der Waals surface area contributed by atoms with Crippen molar-refractivity contribution in [2.45, 2.75) is 39.7 Å². The number of halogens is 1. The molecule has 1 unspecified atom stereocenters. The molecular weight excluding hydrogens is 264 g/mol. The van der Waals surface area contributed by atoms with Gasteiger partial charge in [-0.2, -0.15) is 0 Å². The molecule has 0 aliphatic heterocycles. The van der Waals surface area contributed by atoms with Gasteiger partial charge in [0.15, 0.2) is 5.82 Å². The predicted octanol–water partition coefficient (Wildman–Crippen LogP) is 2.35. The molecule has 1 aromatic heterocycles. The fourth-order valence-corrected chi connectivity index (χ4v) is 2.11. The molecule has 108 valence electrons. The molecule has 0 saturated carbocycles.